The lowest BCUT2D eigenvalue weighted by Gasteiger charge is -2.68. The van der Waals surface area contributed by atoms with Gasteiger partial charge in [-0.1, -0.05) is 16.8 Å². The Labute approximate surface area is 197 Å². The summed E-state index contributed by atoms with van der Waals surface area (Å²) in [4.78, 5) is 17.4. The number of rotatable bonds is 6. The molecule has 7 rings (SSSR count). The average Bonchev–Trinajstić information content (AvgIpc) is 3.14. The normalized spacial score (nSPS) is 35.9. The van der Waals surface area contributed by atoms with Gasteiger partial charge in [-0.05, 0) is 55.7 Å². The molecular formula is C23H22ClF3N2O5. The van der Waals surface area contributed by atoms with Crippen LogP contribution < -0.4 is 4.74 Å². The van der Waals surface area contributed by atoms with Crippen LogP contribution in [-0.4, -0.2) is 39.6 Å². The van der Waals surface area contributed by atoms with Gasteiger partial charge in [0, 0.05) is 29.3 Å². The van der Waals surface area contributed by atoms with Gasteiger partial charge < -0.3 is 14.4 Å². The second-order valence-electron chi connectivity index (χ2n) is 10.3. The number of hydrogen-bond donors (Lipinski definition) is 1. The Morgan fingerprint density at radius 1 is 1.24 bits per heavy atom. The number of carbonyl (C=O) groups is 1. The number of alkyl halides is 3. The van der Waals surface area contributed by atoms with E-state index in [1.54, 1.807) is 18.2 Å². The Morgan fingerprint density at radius 3 is 2.68 bits per heavy atom. The first kappa shape index (κ1) is 22.3. The van der Waals surface area contributed by atoms with Crippen molar-refractivity contribution in [1.82, 2.24) is 10.1 Å². The predicted octanol–water partition coefficient (Wildman–Crippen LogP) is 4.77. The monoisotopic (exact) mass is 498 g/mol. The van der Waals surface area contributed by atoms with Gasteiger partial charge in [-0.25, -0.2) is 0 Å². The average molecular weight is 499 g/mol. The van der Waals surface area contributed by atoms with Crippen LogP contribution in [0.3, 0.4) is 0 Å². The van der Waals surface area contributed by atoms with Crippen molar-refractivity contribution in [1.29, 1.82) is 0 Å². The molecule has 11 heteroatoms. The summed E-state index contributed by atoms with van der Waals surface area (Å²) in [6.45, 7) is 0. The quantitative estimate of drug-likeness (QED) is 0.613. The minimum Gasteiger partial charge on any atom is -0.482 e. The van der Waals surface area contributed by atoms with Gasteiger partial charge in [-0.3, -0.25) is 9.53 Å². The molecule has 0 amide bonds. The van der Waals surface area contributed by atoms with Crippen LogP contribution in [0, 0.1) is 5.41 Å². The Kier molecular flexibility index (Phi) is 4.86. The fourth-order valence-corrected chi connectivity index (χ4v) is 6.37. The first-order chi connectivity index (χ1) is 16.0. The molecule has 0 saturated heterocycles. The number of ether oxygens (including phenoxy) is 2. The van der Waals surface area contributed by atoms with Crippen molar-refractivity contribution in [2.45, 2.75) is 81.0 Å². The fourth-order valence-electron chi connectivity index (χ4n) is 6.19. The minimum absolute atomic E-state index is 0.0376. The number of benzene rings is 1. The third-order valence-electron chi connectivity index (χ3n) is 7.74. The summed E-state index contributed by atoms with van der Waals surface area (Å²) in [5.74, 6) is 1.18. The molecule has 5 aliphatic rings. The number of hydrogen-bond acceptors (Lipinski definition) is 7. The molecule has 0 spiro atoms. The zero-order valence-corrected chi connectivity index (χ0v) is 18.7. The molecule has 2 atom stereocenters. The molecule has 1 aliphatic heterocycles. The van der Waals surface area contributed by atoms with Crippen molar-refractivity contribution >= 4 is 17.4 Å². The Morgan fingerprint density at radius 2 is 1.97 bits per heavy atom. The van der Waals surface area contributed by atoms with Crippen LogP contribution in [0.5, 0.6) is 5.75 Å². The van der Waals surface area contributed by atoms with Crippen LogP contribution in [-0.2, 0) is 14.9 Å². The molecule has 0 unspecified atom stereocenters. The number of aromatic nitrogens is 2. The number of fused-ring (bicyclic) bond motifs is 1. The number of aliphatic hydroxyl groups excluding tert-OH is 1. The van der Waals surface area contributed by atoms with E-state index in [9.17, 15) is 23.1 Å². The molecule has 2 aromatic rings. The lowest BCUT2D eigenvalue weighted by atomic mass is 9.34. The summed E-state index contributed by atoms with van der Waals surface area (Å²) in [6.07, 6.45) is -3.77. The topological polar surface area (TPSA) is 94.7 Å². The SMILES string of the molecule is O=C(CC12CC(c3nc(C4CC(OC(F)(F)F)C4)no3)(C1)C2)[C@H]1C[C@@H](O)c2cc(Cl)ccc2O1. The van der Waals surface area contributed by atoms with E-state index >= 15 is 0 Å². The molecule has 2 bridgehead atoms. The van der Waals surface area contributed by atoms with Gasteiger partial charge in [0.1, 0.15) is 5.75 Å². The van der Waals surface area contributed by atoms with Gasteiger partial charge in [0.05, 0.1) is 17.6 Å². The van der Waals surface area contributed by atoms with E-state index in [4.69, 9.17) is 20.9 Å². The Balaban J connectivity index is 1.03. The van der Waals surface area contributed by atoms with E-state index in [0.717, 1.165) is 19.3 Å². The highest BCUT2D eigenvalue weighted by Gasteiger charge is 2.71. The smallest absolute Gasteiger partial charge is 0.482 e. The van der Waals surface area contributed by atoms with E-state index in [1.165, 1.54) is 0 Å². The summed E-state index contributed by atoms with van der Waals surface area (Å²) in [5.41, 5.74) is 0.228. The molecule has 2 heterocycles. The van der Waals surface area contributed by atoms with E-state index in [1.807, 2.05) is 0 Å². The van der Waals surface area contributed by atoms with Gasteiger partial charge in [0.25, 0.3) is 0 Å². The molecule has 34 heavy (non-hydrogen) atoms. The zero-order valence-electron chi connectivity index (χ0n) is 18.0. The second kappa shape index (κ2) is 7.41. The zero-order chi connectivity index (χ0) is 23.9. The summed E-state index contributed by atoms with van der Waals surface area (Å²) in [5, 5.41) is 14.9. The van der Waals surface area contributed by atoms with Crippen LogP contribution in [0.15, 0.2) is 22.7 Å². The fraction of sp³-hybridized carbons (Fsp3) is 0.609. The first-order valence-corrected chi connectivity index (χ1v) is 11.7. The number of aliphatic hydroxyl groups is 1. The van der Waals surface area contributed by atoms with Gasteiger partial charge in [0.15, 0.2) is 17.7 Å². The summed E-state index contributed by atoms with van der Waals surface area (Å²) in [6, 6.07) is 4.98. The van der Waals surface area contributed by atoms with Gasteiger partial charge in [-0.2, -0.15) is 4.98 Å². The summed E-state index contributed by atoms with van der Waals surface area (Å²) >= 11 is 5.99. The number of halogens is 4. The Bertz CT molecular complexity index is 1130. The maximum atomic E-state index is 13.0. The summed E-state index contributed by atoms with van der Waals surface area (Å²) < 4.78 is 52.2. The number of ketones is 1. The highest BCUT2D eigenvalue weighted by molar-refractivity contribution is 6.30. The molecule has 182 valence electrons. The van der Waals surface area contributed by atoms with Crippen molar-refractivity contribution in [2.24, 2.45) is 5.41 Å². The molecule has 1 aromatic heterocycles. The maximum absolute atomic E-state index is 13.0. The van der Waals surface area contributed by atoms with E-state index in [0.29, 0.717) is 34.5 Å². The highest BCUT2D eigenvalue weighted by atomic mass is 35.5. The lowest BCUT2D eigenvalue weighted by Crippen LogP contribution is -2.65. The largest absolute Gasteiger partial charge is 0.522 e. The van der Waals surface area contributed by atoms with Crippen molar-refractivity contribution < 1.29 is 37.1 Å². The van der Waals surface area contributed by atoms with Crippen LogP contribution in [0.1, 0.15) is 74.2 Å². The standard InChI is InChI=1S/C23H22ClF3N2O5/c24-12-1-2-17-14(5-12)15(30)6-18(32-17)16(31)7-21-8-22(9-21,10-21)20-28-19(29-34-20)11-3-13(4-11)33-23(25,26)27/h1-2,5,11,13,15,18,30H,3-4,6-10H2/t11?,13?,15-,18-,21?,22?/m1/s1. The third kappa shape index (κ3) is 3.70. The third-order valence-corrected chi connectivity index (χ3v) is 7.98. The van der Waals surface area contributed by atoms with Crippen molar-refractivity contribution in [3.05, 3.63) is 40.5 Å². The molecule has 4 saturated carbocycles. The molecular weight excluding hydrogens is 477 g/mol. The highest BCUT2D eigenvalue weighted by Crippen LogP contribution is 2.75. The molecule has 0 radical (unpaired) electrons. The number of Topliss-reactive ketones (excluding diaryl/α,β-unsaturated/α-hetero) is 1. The molecule has 1 N–H and O–H groups in total. The van der Waals surface area contributed by atoms with E-state index in [2.05, 4.69) is 14.9 Å². The molecule has 1 aromatic carbocycles. The predicted molar refractivity (Wildman–Crippen MR) is 110 cm³/mol. The van der Waals surface area contributed by atoms with Crippen LogP contribution in [0.25, 0.3) is 0 Å². The van der Waals surface area contributed by atoms with E-state index < -0.39 is 24.7 Å². The van der Waals surface area contributed by atoms with Crippen LogP contribution in [0.2, 0.25) is 5.02 Å². The second-order valence-corrected chi connectivity index (χ2v) is 10.7. The van der Waals surface area contributed by atoms with E-state index in [-0.39, 0.29) is 41.8 Å². The number of nitrogens with zero attached hydrogens (tertiary/aromatic N) is 2. The minimum atomic E-state index is -4.63. The van der Waals surface area contributed by atoms with Crippen molar-refractivity contribution in [2.75, 3.05) is 0 Å². The van der Waals surface area contributed by atoms with Gasteiger partial charge >= 0.3 is 6.36 Å². The maximum Gasteiger partial charge on any atom is 0.522 e. The van der Waals surface area contributed by atoms with Crippen LogP contribution >= 0.6 is 11.6 Å². The van der Waals surface area contributed by atoms with Gasteiger partial charge in [0.2, 0.25) is 5.89 Å². The van der Waals surface area contributed by atoms with Gasteiger partial charge in [-0.15, -0.1) is 13.2 Å². The molecule has 7 nitrogen and oxygen atoms in total. The summed E-state index contributed by atoms with van der Waals surface area (Å²) in [7, 11) is 0. The lowest BCUT2D eigenvalue weighted by molar-refractivity contribution is -0.352. The Hall–Kier alpha value is -2.17. The van der Waals surface area contributed by atoms with Crippen molar-refractivity contribution in [3.63, 3.8) is 0 Å². The molecule has 4 aliphatic carbocycles. The molecule has 4 fully saturated rings. The van der Waals surface area contributed by atoms with Crippen LogP contribution in [0.4, 0.5) is 13.2 Å². The number of carbonyl (C=O) groups excluding carboxylic acids is 1. The first-order valence-electron chi connectivity index (χ1n) is 11.3. The van der Waals surface area contributed by atoms with Crippen molar-refractivity contribution in [3.8, 4) is 5.75 Å².